The van der Waals surface area contributed by atoms with Gasteiger partial charge in [-0.25, -0.2) is 0 Å². The van der Waals surface area contributed by atoms with Gasteiger partial charge in [0.15, 0.2) is 23.4 Å². The van der Waals surface area contributed by atoms with Gasteiger partial charge in [-0.2, -0.15) is 0 Å². The van der Waals surface area contributed by atoms with Gasteiger partial charge in [0.1, 0.15) is 0 Å². The number of ketones is 1. The van der Waals surface area contributed by atoms with E-state index < -0.39 is 30.9 Å². The van der Waals surface area contributed by atoms with Crippen LogP contribution >= 0.6 is 0 Å². The third-order valence-electron chi connectivity index (χ3n) is 5.87. The molecule has 5 rings (SSSR count). The molecule has 4 heteroatoms. The number of hydrogen-bond donors (Lipinski definition) is 0. The molecule has 2 fully saturated rings. The number of rotatable bonds is 1. The predicted octanol–water partition coefficient (Wildman–Crippen LogP) is 1.93. The lowest BCUT2D eigenvalue weighted by atomic mass is 9.52. The number of piperidine rings is 1. The molecule has 1 unspecified atom stereocenters. The van der Waals surface area contributed by atoms with E-state index in [9.17, 15) is 4.79 Å². The van der Waals surface area contributed by atoms with E-state index in [1.54, 1.807) is 0 Å². The zero-order chi connectivity index (χ0) is 20.3. The number of likely N-dealkylation sites (tertiary alicyclic amines) is 1. The van der Waals surface area contributed by atoms with Crippen LogP contribution in [0.5, 0.6) is 11.5 Å². The quantitative estimate of drug-likeness (QED) is 0.795. The van der Waals surface area contributed by atoms with Gasteiger partial charge in [-0.15, -0.1) is 0 Å². The molecule has 1 aromatic rings. The van der Waals surface area contributed by atoms with Gasteiger partial charge in [0.25, 0.3) is 0 Å². The Morgan fingerprint density at radius 3 is 3.36 bits per heavy atom. The van der Waals surface area contributed by atoms with Crippen LogP contribution in [-0.2, 0) is 16.6 Å². The van der Waals surface area contributed by atoms with Gasteiger partial charge in [-0.3, -0.25) is 4.79 Å². The number of likely N-dealkylation sites (N-methyl/N-ethyl adjacent to an activating group) is 1. The van der Waals surface area contributed by atoms with Crippen molar-refractivity contribution >= 4 is 5.78 Å². The zero-order valence-corrected chi connectivity index (χ0v) is 12.3. The van der Waals surface area contributed by atoms with Crippen LogP contribution in [0.2, 0.25) is 0 Å². The fourth-order valence-corrected chi connectivity index (χ4v) is 4.94. The number of nitrogens with zero attached hydrogens (tertiary/aromatic N) is 1. The molecule has 1 saturated carbocycles. The molecule has 2 heterocycles. The number of carbonyl (C=O) groups excluding carboxylic acids is 1. The summed E-state index contributed by atoms with van der Waals surface area (Å²) in [7, 11) is -0.841. The van der Waals surface area contributed by atoms with Gasteiger partial charge in [-0.05, 0) is 50.4 Å². The van der Waals surface area contributed by atoms with Crippen molar-refractivity contribution in [3.05, 3.63) is 23.3 Å². The van der Waals surface area contributed by atoms with E-state index >= 15 is 0 Å². The second-order valence-electron chi connectivity index (χ2n) is 6.71. The van der Waals surface area contributed by atoms with Gasteiger partial charge in [0.2, 0.25) is 0 Å². The molecule has 4 atom stereocenters. The lowest BCUT2D eigenvalue weighted by molar-refractivity contribution is -0.138. The van der Waals surface area contributed by atoms with Crippen molar-refractivity contribution in [2.75, 3.05) is 20.6 Å². The van der Waals surface area contributed by atoms with Gasteiger partial charge in [0, 0.05) is 26.2 Å². The van der Waals surface area contributed by atoms with Crippen LogP contribution in [0.4, 0.5) is 0 Å². The average molecular weight is 305 g/mol. The first-order valence-electron chi connectivity index (χ1n) is 10.7. The molecule has 1 saturated heterocycles. The SMILES string of the molecule is [2H]C([2H])([2H])Oc1ccc2c3c1OC1([2H])C(=O)CC[C@H]4[C@H](N(C)CC[C@@]341)C2([2H])[2H]. The lowest BCUT2D eigenvalue weighted by Crippen LogP contribution is -2.65. The number of Topliss-reactive ketones (excluding diaryl/α,β-unsaturated/α-hetero) is 1. The molecule has 0 amide bonds. The van der Waals surface area contributed by atoms with Crippen molar-refractivity contribution in [2.45, 2.75) is 43.2 Å². The molecule has 1 spiro atoms. The van der Waals surface area contributed by atoms with Gasteiger partial charge >= 0.3 is 0 Å². The van der Waals surface area contributed by atoms with Crippen molar-refractivity contribution in [3.63, 3.8) is 0 Å². The maximum Gasteiger partial charge on any atom is 0.174 e. The standard InChI is InChI=1S/C18H21NO3/c1-19-8-7-18-11-4-5-13(20)17(18)22-16-14(21-2)6-3-10(15(16)18)9-12(11)19/h3,6,11-12,17H,4-5,7-9H2,1-2H3/t11-,12+,17?,18-/m0/s1/i2D3,9D2,17D. The normalized spacial score (nSPS) is 48.7. The fourth-order valence-electron chi connectivity index (χ4n) is 4.94. The largest absolute Gasteiger partial charge is 0.493 e. The highest BCUT2D eigenvalue weighted by Crippen LogP contribution is 2.62. The first-order valence-corrected chi connectivity index (χ1v) is 7.73. The van der Waals surface area contributed by atoms with Crippen LogP contribution in [-0.4, -0.2) is 43.4 Å². The van der Waals surface area contributed by atoms with Crippen molar-refractivity contribution < 1.29 is 22.5 Å². The highest BCUT2D eigenvalue weighted by Gasteiger charge is 2.65. The van der Waals surface area contributed by atoms with Gasteiger partial charge in [0.05, 0.1) is 12.5 Å². The number of benzene rings is 1. The topological polar surface area (TPSA) is 38.8 Å². The Kier molecular flexibility index (Phi) is 1.53. The Balaban J connectivity index is 1.84. The molecule has 0 aromatic heterocycles. The Morgan fingerprint density at radius 2 is 2.50 bits per heavy atom. The Morgan fingerprint density at radius 1 is 1.59 bits per heavy atom. The van der Waals surface area contributed by atoms with Gasteiger partial charge < -0.3 is 14.4 Å². The first-order chi connectivity index (χ1) is 12.9. The van der Waals surface area contributed by atoms with Crippen molar-refractivity contribution in [1.29, 1.82) is 0 Å². The summed E-state index contributed by atoms with van der Waals surface area (Å²) < 4.78 is 60.2. The van der Waals surface area contributed by atoms with E-state index in [-0.39, 0.29) is 29.6 Å². The second kappa shape index (κ2) is 4.05. The van der Waals surface area contributed by atoms with Crippen LogP contribution in [0.1, 0.15) is 38.6 Å². The minimum atomic E-state index is -2.72. The first kappa shape index (κ1) is 8.34. The highest BCUT2D eigenvalue weighted by molar-refractivity contribution is 5.89. The van der Waals surface area contributed by atoms with E-state index in [4.69, 9.17) is 17.7 Å². The van der Waals surface area contributed by atoms with E-state index in [1.165, 1.54) is 12.1 Å². The summed E-state index contributed by atoms with van der Waals surface area (Å²) >= 11 is 0. The van der Waals surface area contributed by atoms with Crippen LogP contribution < -0.4 is 9.47 Å². The molecular formula is C18H21NO3. The monoisotopic (exact) mass is 305 g/mol. The van der Waals surface area contributed by atoms with Crippen molar-refractivity contribution in [2.24, 2.45) is 5.92 Å². The molecule has 2 aliphatic heterocycles. The van der Waals surface area contributed by atoms with Crippen molar-refractivity contribution in [3.8, 4) is 11.5 Å². The Hall–Kier alpha value is -1.55. The molecule has 4 aliphatic rings. The van der Waals surface area contributed by atoms with E-state index in [0.29, 0.717) is 30.5 Å². The number of carbonyl (C=O) groups is 1. The maximum atomic E-state index is 12.9. The summed E-state index contributed by atoms with van der Waals surface area (Å²) in [6.45, 7) is 0.529. The van der Waals surface area contributed by atoms with Crippen molar-refractivity contribution in [1.82, 2.24) is 4.90 Å². The molecule has 2 bridgehead atoms. The fraction of sp³-hybridized carbons (Fsp3) is 0.611. The van der Waals surface area contributed by atoms with E-state index in [1.807, 2.05) is 11.9 Å². The van der Waals surface area contributed by atoms with Crippen LogP contribution in [0, 0.1) is 5.92 Å². The molecule has 22 heavy (non-hydrogen) atoms. The maximum absolute atomic E-state index is 12.9. The minimum absolute atomic E-state index is 0.0516. The summed E-state index contributed by atoms with van der Waals surface area (Å²) in [5.74, 6) is -0.616. The summed E-state index contributed by atoms with van der Waals surface area (Å²) in [6.07, 6.45) is -2.49. The van der Waals surface area contributed by atoms with Crippen LogP contribution in [0.3, 0.4) is 0 Å². The minimum Gasteiger partial charge on any atom is -0.493 e. The molecule has 0 N–H and O–H groups in total. The summed E-state index contributed by atoms with van der Waals surface area (Å²) in [4.78, 5) is 14.9. The number of methoxy groups -OCH3 is 1. The third kappa shape index (κ3) is 1.27. The zero-order valence-electron chi connectivity index (χ0n) is 18.3. The summed E-state index contributed by atoms with van der Waals surface area (Å²) in [6, 6.07) is 2.45. The molecule has 2 aliphatic carbocycles. The van der Waals surface area contributed by atoms with Crippen LogP contribution in [0.15, 0.2) is 12.1 Å². The third-order valence-corrected chi connectivity index (χ3v) is 5.87. The lowest BCUT2D eigenvalue weighted by Gasteiger charge is -2.57. The van der Waals surface area contributed by atoms with E-state index in [0.717, 1.165) is 0 Å². The smallest absolute Gasteiger partial charge is 0.174 e. The molecule has 0 radical (unpaired) electrons. The second-order valence-corrected chi connectivity index (χ2v) is 6.71. The highest BCUT2D eigenvalue weighted by atomic mass is 16.5. The summed E-state index contributed by atoms with van der Waals surface area (Å²) in [5.41, 5.74) is -0.141. The molecule has 1 aromatic carbocycles. The summed E-state index contributed by atoms with van der Waals surface area (Å²) in [5, 5.41) is 0. The Bertz CT molecular complexity index is 902. The molecular weight excluding hydrogens is 278 g/mol. The number of ether oxygens (including phenoxy) is 2. The van der Waals surface area contributed by atoms with Gasteiger partial charge in [-0.1, -0.05) is 6.07 Å². The predicted molar refractivity (Wildman–Crippen MR) is 81.6 cm³/mol. The van der Waals surface area contributed by atoms with E-state index in [2.05, 4.69) is 0 Å². The number of hydrogen-bond acceptors (Lipinski definition) is 4. The van der Waals surface area contributed by atoms with Crippen LogP contribution in [0.25, 0.3) is 0 Å². The molecule has 116 valence electrons. The molecule has 4 nitrogen and oxygen atoms in total. The Labute approximate surface area is 138 Å². The average Bonchev–Trinajstić information content (AvgIpc) is 2.85.